The van der Waals surface area contributed by atoms with Gasteiger partial charge >= 0.3 is 0 Å². The van der Waals surface area contributed by atoms with Gasteiger partial charge in [-0.1, -0.05) is 13.8 Å². The maximum atomic E-state index is 10.7. The number of nitrogens with two attached hydrogens (primary N) is 2. The van der Waals surface area contributed by atoms with Crippen molar-refractivity contribution in [2.45, 2.75) is 13.8 Å². The molecule has 6 N–H and O–H groups in total. The van der Waals surface area contributed by atoms with E-state index in [1.54, 1.807) is 0 Å². The number of carbonyl (C=O) groups excluding carboxylic acids is 1. The number of amides is 1. The highest BCUT2D eigenvalue weighted by atomic mass is 16.1. The van der Waals surface area contributed by atoms with E-state index in [9.17, 15) is 4.79 Å². The van der Waals surface area contributed by atoms with Crippen molar-refractivity contribution in [1.29, 1.82) is 5.41 Å². The fourth-order valence-electron chi connectivity index (χ4n) is 0.691. The van der Waals surface area contributed by atoms with Gasteiger partial charge in [-0.05, 0) is 5.92 Å². The van der Waals surface area contributed by atoms with Crippen LogP contribution in [-0.4, -0.2) is 18.7 Å². The molecule has 0 aromatic carbocycles. The summed E-state index contributed by atoms with van der Waals surface area (Å²) in [6, 6.07) is 0. The second-order valence-corrected chi connectivity index (χ2v) is 3.11. The zero-order chi connectivity index (χ0) is 10.4. The summed E-state index contributed by atoms with van der Waals surface area (Å²) in [7, 11) is 0. The quantitative estimate of drug-likeness (QED) is 0.343. The third-order valence-corrected chi connectivity index (χ3v) is 1.40. The molecule has 74 valence electrons. The van der Waals surface area contributed by atoms with E-state index in [0.717, 1.165) is 6.21 Å². The van der Waals surface area contributed by atoms with Gasteiger partial charge in [-0.15, -0.1) is 0 Å². The van der Waals surface area contributed by atoms with Gasteiger partial charge in [0.15, 0.2) is 0 Å². The molecule has 0 rings (SSSR count). The fraction of sp³-hybridized carbons (Fsp3) is 0.500. The van der Waals surface area contributed by atoms with Crippen LogP contribution in [0.2, 0.25) is 0 Å². The molecule has 0 fully saturated rings. The predicted molar refractivity (Wildman–Crippen MR) is 52.0 cm³/mol. The largest absolute Gasteiger partial charge is 0.385 e. The van der Waals surface area contributed by atoms with Gasteiger partial charge in [-0.3, -0.25) is 4.79 Å². The van der Waals surface area contributed by atoms with Crippen LogP contribution in [0, 0.1) is 11.3 Å². The van der Waals surface area contributed by atoms with E-state index in [2.05, 4.69) is 5.32 Å². The van der Waals surface area contributed by atoms with Crippen LogP contribution in [-0.2, 0) is 4.79 Å². The molecule has 0 aromatic heterocycles. The Hall–Kier alpha value is -1.52. The minimum atomic E-state index is -0.691. The Morgan fingerprint density at radius 1 is 1.54 bits per heavy atom. The molecule has 1 amide bonds. The second kappa shape index (κ2) is 5.18. The summed E-state index contributed by atoms with van der Waals surface area (Å²) < 4.78 is 0. The first kappa shape index (κ1) is 11.5. The van der Waals surface area contributed by atoms with Crippen LogP contribution in [0.25, 0.3) is 0 Å². The second-order valence-electron chi connectivity index (χ2n) is 3.11. The minimum absolute atomic E-state index is 0.0145. The average molecular weight is 184 g/mol. The van der Waals surface area contributed by atoms with Crippen molar-refractivity contribution in [2.75, 3.05) is 6.54 Å². The molecule has 0 spiro atoms. The molecule has 5 heteroatoms. The van der Waals surface area contributed by atoms with Crippen molar-refractivity contribution >= 4 is 12.1 Å². The summed E-state index contributed by atoms with van der Waals surface area (Å²) in [4.78, 5) is 10.7. The normalized spacial score (nSPS) is 12.2. The van der Waals surface area contributed by atoms with E-state index < -0.39 is 5.91 Å². The molecule has 0 unspecified atom stereocenters. The van der Waals surface area contributed by atoms with Gasteiger partial charge < -0.3 is 22.2 Å². The van der Waals surface area contributed by atoms with Gasteiger partial charge in [-0.2, -0.15) is 0 Å². The van der Waals surface area contributed by atoms with Crippen molar-refractivity contribution in [3.8, 4) is 0 Å². The van der Waals surface area contributed by atoms with Crippen LogP contribution in [0.15, 0.2) is 11.4 Å². The summed E-state index contributed by atoms with van der Waals surface area (Å²) >= 11 is 0. The Morgan fingerprint density at radius 2 is 2.08 bits per heavy atom. The van der Waals surface area contributed by atoms with Crippen LogP contribution in [0.5, 0.6) is 0 Å². The first-order chi connectivity index (χ1) is 5.99. The molecule has 0 aliphatic heterocycles. The van der Waals surface area contributed by atoms with Crippen LogP contribution in [0.3, 0.4) is 0 Å². The molecular formula is C8H16N4O. The van der Waals surface area contributed by atoms with Gasteiger partial charge in [0, 0.05) is 12.8 Å². The highest BCUT2D eigenvalue weighted by Gasteiger charge is 2.06. The molecule has 0 heterocycles. The van der Waals surface area contributed by atoms with Crippen molar-refractivity contribution in [3.05, 3.63) is 11.4 Å². The minimum Gasteiger partial charge on any atom is -0.385 e. The standard InChI is InChI=1S/C8H16N4O/c1-5(2)4-12-7(10)6(3-9)8(11)13/h3,5,9,12H,4,10H2,1-2H3,(H2,11,13)/b7-6+,9-3?. The lowest BCUT2D eigenvalue weighted by Gasteiger charge is -2.10. The topological polar surface area (TPSA) is 105 Å². The molecule has 0 aromatic rings. The molecule has 0 radical (unpaired) electrons. The number of rotatable bonds is 5. The van der Waals surface area contributed by atoms with E-state index in [1.165, 1.54) is 0 Å². The molecule has 0 bridgehead atoms. The Balaban J connectivity index is 4.39. The predicted octanol–water partition coefficient (Wildman–Crippen LogP) is -0.463. The molecule has 0 aliphatic rings. The number of nitrogens with one attached hydrogen (secondary N) is 2. The Kier molecular flexibility index (Phi) is 4.58. The van der Waals surface area contributed by atoms with Gasteiger partial charge in [0.2, 0.25) is 0 Å². The summed E-state index contributed by atoms with van der Waals surface area (Å²) in [6.45, 7) is 4.67. The van der Waals surface area contributed by atoms with E-state index in [4.69, 9.17) is 16.9 Å². The maximum absolute atomic E-state index is 10.7. The third kappa shape index (κ3) is 4.15. The summed E-state index contributed by atoms with van der Waals surface area (Å²) in [6.07, 6.45) is 0.852. The smallest absolute Gasteiger partial charge is 0.253 e. The van der Waals surface area contributed by atoms with E-state index >= 15 is 0 Å². The Bertz CT molecular complexity index is 232. The highest BCUT2D eigenvalue weighted by molar-refractivity contribution is 6.11. The Morgan fingerprint density at radius 3 is 2.38 bits per heavy atom. The van der Waals surface area contributed by atoms with Gasteiger partial charge in [0.1, 0.15) is 5.82 Å². The average Bonchev–Trinajstić information content (AvgIpc) is 2.01. The zero-order valence-corrected chi connectivity index (χ0v) is 7.92. The van der Waals surface area contributed by atoms with Crippen molar-refractivity contribution in [2.24, 2.45) is 17.4 Å². The first-order valence-electron chi connectivity index (χ1n) is 4.03. The maximum Gasteiger partial charge on any atom is 0.253 e. The molecule has 0 saturated heterocycles. The van der Waals surface area contributed by atoms with Crippen molar-refractivity contribution in [1.82, 2.24) is 5.32 Å². The van der Waals surface area contributed by atoms with E-state index in [-0.39, 0.29) is 11.4 Å². The molecular weight excluding hydrogens is 168 g/mol. The monoisotopic (exact) mass is 184 g/mol. The van der Waals surface area contributed by atoms with Crippen LogP contribution in [0.1, 0.15) is 13.8 Å². The summed E-state index contributed by atoms with van der Waals surface area (Å²) in [5.41, 5.74) is 10.5. The fourth-order valence-corrected chi connectivity index (χ4v) is 0.691. The lowest BCUT2D eigenvalue weighted by atomic mass is 10.2. The highest BCUT2D eigenvalue weighted by Crippen LogP contribution is 1.94. The zero-order valence-electron chi connectivity index (χ0n) is 7.92. The number of hydrogen-bond acceptors (Lipinski definition) is 4. The molecule has 0 aliphatic carbocycles. The summed E-state index contributed by atoms with van der Waals surface area (Å²) in [5, 5.41) is 9.72. The molecule has 13 heavy (non-hydrogen) atoms. The van der Waals surface area contributed by atoms with E-state index in [1.807, 2.05) is 13.8 Å². The summed E-state index contributed by atoms with van der Waals surface area (Å²) in [5.74, 6) is -0.113. The first-order valence-corrected chi connectivity index (χ1v) is 4.03. The van der Waals surface area contributed by atoms with Crippen LogP contribution < -0.4 is 16.8 Å². The van der Waals surface area contributed by atoms with Crippen molar-refractivity contribution in [3.63, 3.8) is 0 Å². The molecule has 5 nitrogen and oxygen atoms in total. The van der Waals surface area contributed by atoms with Crippen LogP contribution >= 0.6 is 0 Å². The third-order valence-electron chi connectivity index (χ3n) is 1.40. The number of primary amides is 1. The van der Waals surface area contributed by atoms with Crippen molar-refractivity contribution < 1.29 is 4.79 Å². The number of carbonyl (C=O) groups is 1. The lowest BCUT2D eigenvalue weighted by molar-refractivity contribution is -0.114. The SMILES string of the molecule is CC(C)CN/C(N)=C(\C=N)C(N)=O. The lowest BCUT2D eigenvalue weighted by Crippen LogP contribution is -2.30. The Labute approximate surface area is 77.7 Å². The number of hydrogen-bond donors (Lipinski definition) is 4. The molecule has 0 atom stereocenters. The van der Waals surface area contributed by atoms with Gasteiger partial charge in [0.05, 0.1) is 5.57 Å². The van der Waals surface area contributed by atoms with Crippen LogP contribution in [0.4, 0.5) is 0 Å². The molecule has 0 saturated carbocycles. The van der Waals surface area contributed by atoms with E-state index in [0.29, 0.717) is 12.5 Å². The van der Waals surface area contributed by atoms with Gasteiger partial charge in [0.25, 0.3) is 5.91 Å². The van der Waals surface area contributed by atoms with Gasteiger partial charge in [-0.25, -0.2) is 0 Å².